The monoisotopic (exact) mass is 272 g/mol. The number of hydrogen-bond donors (Lipinski definition) is 1. The molecule has 2 atom stereocenters. The highest BCUT2D eigenvalue weighted by molar-refractivity contribution is 5.93. The molecule has 0 aromatic carbocycles. The second-order valence-electron chi connectivity index (χ2n) is 4.85. The predicted molar refractivity (Wildman–Crippen MR) is 73.4 cm³/mol. The van der Waals surface area contributed by atoms with Crippen LogP contribution in [0, 0.1) is 13.8 Å². The molecule has 0 bridgehead atoms. The molecule has 2 heterocycles. The molecule has 1 N–H and O–H groups in total. The number of halogens is 1. The van der Waals surface area contributed by atoms with Crippen LogP contribution in [-0.2, 0) is 0 Å². The third kappa shape index (κ3) is 2.70. The first-order chi connectivity index (χ1) is 8.00. The highest BCUT2D eigenvalue weighted by Crippen LogP contribution is 2.19. The summed E-state index contributed by atoms with van der Waals surface area (Å²) in [6.45, 7) is 9.54. The van der Waals surface area contributed by atoms with E-state index >= 15 is 0 Å². The van der Waals surface area contributed by atoms with Crippen LogP contribution >= 0.6 is 12.4 Å². The summed E-state index contributed by atoms with van der Waals surface area (Å²) in [5.74, 6) is 1.29. The van der Waals surface area contributed by atoms with Crippen molar-refractivity contribution in [2.45, 2.75) is 39.8 Å². The van der Waals surface area contributed by atoms with Gasteiger partial charge in [0.1, 0.15) is 5.76 Å². The molecule has 4 nitrogen and oxygen atoms in total. The molecule has 2 unspecified atom stereocenters. The summed E-state index contributed by atoms with van der Waals surface area (Å²) in [5, 5.41) is 3.36. The first-order valence-electron chi connectivity index (χ1n) is 6.12. The maximum Gasteiger partial charge on any atom is 0.290 e. The minimum Gasteiger partial charge on any atom is -0.456 e. The van der Waals surface area contributed by atoms with Gasteiger partial charge in [-0.15, -0.1) is 12.4 Å². The quantitative estimate of drug-likeness (QED) is 0.852. The third-order valence-corrected chi connectivity index (χ3v) is 3.53. The Morgan fingerprint density at radius 1 is 1.44 bits per heavy atom. The summed E-state index contributed by atoms with van der Waals surface area (Å²) in [5.41, 5.74) is 0.922. The molecule has 1 aromatic heterocycles. The van der Waals surface area contributed by atoms with Gasteiger partial charge in [-0.2, -0.15) is 0 Å². The van der Waals surface area contributed by atoms with Crippen molar-refractivity contribution >= 4 is 18.3 Å². The third-order valence-electron chi connectivity index (χ3n) is 3.53. The number of nitrogens with zero attached hydrogens (tertiary/aromatic N) is 1. The Hall–Kier alpha value is -1.00. The minimum absolute atomic E-state index is 0. The van der Waals surface area contributed by atoms with Gasteiger partial charge in [0.2, 0.25) is 0 Å². The van der Waals surface area contributed by atoms with Crippen LogP contribution in [0.1, 0.15) is 35.7 Å². The highest BCUT2D eigenvalue weighted by Gasteiger charge is 2.31. The molecule has 1 saturated heterocycles. The molecule has 1 aliphatic heterocycles. The van der Waals surface area contributed by atoms with Crippen LogP contribution in [0.4, 0.5) is 0 Å². The molecular weight excluding hydrogens is 252 g/mol. The number of rotatable bonds is 1. The van der Waals surface area contributed by atoms with E-state index in [-0.39, 0.29) is 24.4 Å². The molecule has 0 aliphatic carbocycles. The summed E-state index contributed by atoms with van der Waals surface area (Å²) in [6.07, 6.45) is 0. The Labute approximate surface area is 114 Å². The Morgan fingerprint density at radius 3 is 2.67 bits per heavy atom. The van der Waals surface area contributed by atoms with Crippen molar-refractivity contribution in [2.24, 2.45) is 0 Å². The normalized spacial score (nSPS) is 23.7. The van der Waals surface area contributed by atoms with Gasteiger partial charge in [0.05, 0.1) is 0 Å². The molecule has 1 amide bonds. The lowest BCUT2D eigenvalue weighted by Gasteiger charge is -2.38. The van der Waals surface area contributed by atoms with Crippen molar-refractivity contribution < 1.29 is 9.21 Å². The van der Waals surface area contributed by atoms with Gasteiger partial charge in [-0.25, -0.2) is 0 Å². The molecule has 1 fully saturated rings. The van der Waals surface area contributed by atoms with Crippen LogP contribution in [0.2, 0.25) is 0 Å². The summed E-state index contributed by atoms with van der Waals surface area (Å²) < 4.78 is 5.50. The first-order valence-corrected chi connectivity index (χ1v) is 6.12. The second-order valence-corrected chi connectivity index (χ2v) is 4.85. The van der Waals surface area contributed by atoms with Crippen molar-refractivity contribution in [1.82, 2.24) is 10.2 Å². The number of carbonyl (C=O) groups is 1. The van der Waals surface area contributed by atoms with Crippen LogP contribution < -0.4 is 5.32 Å². The Kier molecular flexibility index (Phi) is 4.82. The summed E-state index contributed by atoms with van der Waals surface area (Å²) in [6, 6.07) is 2.42. The Balaban J connectivity index is 0.00000162. The van der Waals surface area contributed by atoms with Gasteiger partial charge < -0.3 is 14.6 Å². The number of carbonyl (C=O) groups excluding carboxylic acids is 1. The number of furan rings is 1. The number of nitrogens with one attached hydrogen (secondary N) is 1. The topological polar surface area (TPSA) is 45.5 Å². The summed E-state index contributed by atoms with van der Waals surface area (Å²) in [7, 11) is 0. The number of hydrogen-bond acceptors (Lipinski definition) is 3. The van der Waals surface area contributed by atoms with Crippen molar-refractivity contribution in [3.63, 3.8) is 0 Å². The lowest BCUT2D eigenvalue weighted by atomic mass is 10.1. The largest absolute Gasteiger partial charge is 0.456 e. The SMILES string of the molecule is Cc1cc(C)c(C(=O)N2CCNC(C)C2C)o1.Cl. The van der Waals surface area contributed by atoms with E-state index in [1.54, 1.807) is 0 Å². The maximum atomic E-state index is 12.4. The van der Waals surface area contributed by atoms with E-state index in [2.05, 4.69) is 19.2 Å². The average Bonchev–Trinajstić information content (AvgIpc) is 2.61. The van der Waals surface area contributed by atoms with Gasteiger partial charge >= 0.3 is 0 Å². The fraction of sp³-hybridized carbons (Fsp3) is 0.615. The maximum absolute atomic E-state index is 12.4. The van der Waals surface area contributed by atoms with Crippen LogP contribution in [0.15, 0.2) is 10.5 Å². The zero-order chi connectivity index (χ0) is 12.6. The van der Waals surface area contributed by atoms with Crippen molar-refractivity contribution in [3.8, 4) is 0 Å². The fourth-order valence-corrected chi connectivity index (χ4v) is 2.33. The zero-order valence-electron chi connectivity index (χ0n) is 11.3. The van der Waals surface area contributed by atoms with Crippen LogP contribution in [0.3, 0.4) is 0 Å². The standard InChI is InChI=1S/C13H20N2O2.ClH/c1-8-7-9(2)17-12(8)13(16)15-6-5-14-10(3)11(15)4;/h7,10-11,14H,5-6H2,1-4H3;1H. The molecule has 2 rings (SSSR count). The van der Waals surface area contributed by atoms with Gasteiger partial charge in [0.25, 0.3) is 5.91 Å². The minimum atomic E-state index is 0. The Morgan fingerprint density at radius 2 is 2.11 bits per heavy atom. The fourth-order valence-electron chi connectivity index (χ4n) is 2.33. The first kappa shape index (κ1) is 15.1. The van der Waals surface area contributed by atoms with Gasteiger partial charge in [-0.3, -0.25) is 4.79 Å². The molecule has 0 saturated carbocycles. The van der Waals surface area contributed by atoms with Crippen molar-refractivity contribution in [2.75, 3.05) is 13.1 Å². The predicted octanol–water partition coefficient (Wildman–Crippen LogP) is 2.14. The van der Waals surface area contributed by atoms with E-state index < -0.39 is 0 Å². The molecule has 1 aliphatic rings. The summed E-state index contributed by atoms with van der Waals surface area (Å²) in [4.78, 5) is 14.3. The van der Waals surface area contributed by atoms with E-state index in [1.807, 2.05) is 24.8 Å². The van der Waals surface area contributed by atoms with Gasteiger partial charge in [-0.1, -0.05) is 0 Å². The highest BCUT2D eigenvalue weighted by atomic mass is 35.5. The number of amides is 1. The van der Waals surface area contributed by atoms with E-state index in [0.717, 1.165) is 24.4 Å². The molecule has 0 spiro atoms. The van der Waals surface area contributed by atoms with Crippen molar-refractivity contribution in [3.05, 3.63) is 23.2 Å². The lowest BCUT2D eigenvalue weighted by molar-refractivity contribution is 0.0568. The molecular formula is C13H21ClN2O2. The zero-order valence-corrected chi connectivity index (χ0v) is 12.1. The lowest BCUT2D eigenvalue weighted by Crippen LogP contribution is -2.57. The van der Waals surface area contributed by atoms with Crippen LogP contribution in [-0.4, -0.2) is 36.0 Å². The van der Waals surface area contributed by atoms with Gasteiger partial charge in [-0.05, 0) is 33.8 Å². The molecule has 18 heavy (non-hydrogen) atoms. The van der Waals surface area contributed by atoms with Gasteiger partial charge in [0.15, 0.2) is 5.76 Å². The van der Waals surface area contributed by atoms with Crippen LogP contribution in [0.25, 0.3) is 0 Å². The number of piperazine rings is 1. The Bertz CT molecular complexity index is 431. The van der Waals surface area contributed by atoms with E-state index in [4.69, 9.17) is 4.42 Å². The van der Waals surface area contributed by atoms with Crippen molar-refractivity contribution in [1.29, 1.82) is 0 Å². The average molecular weight is 273 g/mol. The van der Waals surface area contributed by atoms with E-state index in [0.29, 0.717) is 11.8 Å². The second kappa shape index (κ2) is 5.76. The van der Waals surface area contributed by atoms with Gasteiger partial charge in [0, 0.05) is 30.7 Å². The van der Waals surface area contributed by atoms with E-state index in [1.165, 1.54) is 0 Å². The molecule has 5 heteroatoms. The molecule has 0 radical (unpaired) electrons. The van der Waals surface area contributed by atoms with E-state index in [9.17, 15) is 4.79 Å². The molecule has 102 valence electrons. The van der Waals surface area contributed by atoms with Crippen LogP contribution in [0.5, 0.6) is 0 Å². The smallest absolute Gasteiger partial charge is 0.290 e. The number of aryl methyl sites for hydroxylation is 2. The summed E-state index contributed by atoms with van der Waals surface area (Å²) >= 11 is 0. The molecule has 1 aromatic rings.